The number of aryl methyl sites for hydroxylation is 1. The number of alkyl halides is 3. The molecule has 2 aromatic heterocycles. The molecule has 2 aliphatic rings. The van der Waals surface area contributed by atoms with Crippen LogP contribution in [0.5, 0.6) is 0 Å². The topological polar surface area (TPSA) is 70.6 Å². The van der Waals surface area contributed by atoms with E-state index in [1.807, 2.05) is 6.07 Å². The fourth-order valence-corrected chi connectivity index (χ4v) is 5.67. The van der Waals surface area contributed by atoms with Crippen molar-refractivity contribution in [3.8, 4) is 23.0 Å². The highest BCUT2D eigenvalue weighted by atomic mass is 32.2. The van der Waals surface area contributed by atoms with E-state index in [2.05, 4.69) is 37.6 Å². The number of hydrogen-bond acceptors (Lipinski definition) is 7. The van der Waals surface area contributed by atoms with Gasteiger partial charge in [-0.2, -0.15) is 13.2 Å². The first-order valence-corrected chi connectivity index (χ1v) is 15.1. The van der Waals surface area contributed by atoms with E-state index in [1.165, 1.54) is 12.1 Å². The highest BCUT2D eigenvalue weighted by molar-refractivity contribution is 7.96. The van der Waals surface area contributed by atoms with Gasteiger partial charge in [0, 0.05) is 55.6 Å². The van der Waals surface area contributed by atoms with Crippen LogP contribution in [0.4, 0.5) is 28.9 Å². The number of rotatable bonds is 5. The van der Waals surface area contributed by atoms with E-state index in [1.54, 1.807) is 25.1 Å². The average Bonchev–Trinajstić information content (AvgIpc) is 3.01. The van der Waals surface area contributed by atoms with Crippen molar-refractivity contribution >= 4 is 29.2 Å². The Balaban J connectivity index is 1.44. The predicted molar refractivity (Wildman–Crippen MR) is 159 cm³/mol. The molecule has 3 aromatic rings. The summed E-state index contributed by atoms with van der Waals surface area (Å²) in [5, 5.41) is 2.41. The molecule has 12 heteroatoms. The quantitative estimate of drug-likeness (QED) is 0.214. The summed E-state index contributed by atoms with van der Waals surface area (Å²) >= 11 is 1.75. The maximum absolute atomic E-state index is 15.0. The Morgan fingerprint density at radius 1 is 1.09 bits per heavy atom. The summed E-state index contributed by atoms with van der Waals surface area (Å²) in [7, 11) is 0. The summed E-state index contributed by atoms with van der Waals surface area (Å²) < 4.78 is 62.1. The number of carbonyl (C=O) groups excluding carboxylic acids is 1. The number of morpholine rings is 1. The van der Waals surface area contributed by atoms with Gasteiger partial charge in [-0.25, -0.2) is 9.37 Å². The molecule has 1 amide bonds. The molecule has 1 N–H and O–H groups in total. The number of benzene rings is 1. The molecule has 43 heavy (non-hydrogen) atoms. The molecule has 5 rings (SSSR count). The summed E-state index contributed by atoms with van der Waals surface area (Å²) in [4.78, 5) is 23.0. The van der Waals surface area contributed by atoms with Crippen LogP contribution in [0, 0.1) is 30.5 Å². The van der Waals surface area contributed by atoms with Gasteiger partial charge in [-0.1, -0.05) is 17.9 Å². The van der Waals surface area contributed by atoms with E-state index in [0.29, 0.717) is 60.7 Å². The third-order valence-electron chi connectivity index (χ3n) is 7.51. The number of hydrogen-bond donors (Lipinski definition) is 1. The van der Waals surface area contributed by atoms with Gasteiger partial charge in [-0.3, -0.25) is 14.1 Å². The smallest absolute Gasteiger partial charge is 0.378 e. The van der Waals surface area contributed by atoms with Gasteiger partial charge in [0.25, 0.3) is 5.91 Å². The molecule has 4 heterocycles. The van der Waals surface area contributed by atoms with Gasteiger partial charge in [-0.15, -0.1) is 0 Å². The third kappa shape index (κ3) is 7.47. The summed E-state index contributed by atoms with van der Waals surface area (Å²) in [5.74, 6) is 5.43. The molecule has 0 saturated carbocycles. The first-order chi connectivity index (χ1) is 20.6. The Bertz CT molecular complexity index is 1540. The summed E-state index contributed by atoms with van der Waals surface area (Å²) in [6.07, 6.45) is 1.93. The number of halogens is 4. The number of carbonyl (C=O) groups is 1. The number of amides is 1. The van der Waals surface area contributed by atoms with Gasteiger partial charge in [0.15, 0.2) is 0 Å². The summed E-state index contributed by atoms with van der Waals surface area (Å²) in [6.45, 7) is 6.21. The molecule has 0 spiro atoms. The van der Waals surface area contributed by atoms with Gasteiger partial charge in [0.05, 0.1) is 24.6 Å². The average molecular weight is 614 g/mol. The molecule has 0 bridgehead atoms. The minimum atomic E-state index is -4.72. The maximum atomic E-state index is 15.0. The van der Waals surface area contributed by atoms with Crippen molar-refractivity contribution in [1.82, 2.24) is 14.3 Å². The first-order valence-electron chi connectivity index (χ1n) is 13.9. The van der Waals surface area contributed by atoms with Crippen LogP contribution in [0.3, 0.4) is 0 Å². The lowest BCUT2D eigenvalue weighted by Gasteiger charge is -2.30. The fraction of sp³-hybridized carbons (Fsp3) is 0.387. The molecule has 0 aliphatic carbocycles. The maximum Gasteiger partial charge on any atom is 0.433 e. The minimum Gasteiger partial charge on any atom is -0.378 e. The van der Waals surface area contributed by atoms with Crippen LogP contribution in [0.25, 0.3) is 11.1 Å². The Hall–Kier alpha value is -3.66. The van der Waals surface area contributed by atoms with Crippen LogP contribution in [0.2, 0.25) is 0 Å². The second-order valence-electron chi connectivity index (χ2n) is 10.4. The summed E-state index contributed by atoms with van der Waals surface area (Å²) in [6, 6.07) is 6.48. The standard InChI is InChI=1S/C31H31F4N5O2S/c1-20-15-25(32)27(38-30(41)22-5-8-36-29(17-22)31(33,34)35)18-24(20)23-16-28(39-11-13-42-14-12-39)26(37-19-23)4-3-21-6-9-40(43-2)10-7-21/h5,8,15-19,21H,6-7,9-14H2,1-2H3,(H,38,41). The molecule has 2 saturated heterocycles. The van der Waals surface area contributed by atoms with Crippen molar-refractivity contribution in [2.45, 2.75) is 25.9 Å². The SMILES string of the molecule is CSN1CCC(C#Cc2ncc(-c3cc(NC(=O)c4ccnc(C(F)(F)F)c4)c(F)cc3C)cc2N2CCOCC2)CC1. The van der Waals surface area contributed by atoms with E-state index < -0.39 is 23.6 Å². The number of nitrogens with one attached hydrogen (secondary N) is 1. The van der Waals surface area contributed by atoms with Crippen LogP contribution < -0.4 is 10.2 Å². The predicted octanol–water partition coefficient (Wildman–Crippen LogP) is 6.04. The van der Waals surface area contributed by atoms with Gasteiger partial charge in [0.1, 0.15) is 17.2 Å². The molecule has 0 radical (unpaired) electrons. The fourth-order valence-electron chi connectivity index (χ4n) is 5.10. The second-order valence-corrected chi connectivity index (χ2v) is 11.3. The third-order valence-corrected chi connectivity index (χ3v) is 8.39. The Labute approximate surface area is 252 Å². The zero-order chi connectivity index (χ0) is 30.6. The molecule has 0 atom stereocenters. The molecule has 2 fully saturated rings. The van der Waals surface area contributed by atoms with E-state index in [4.69, 9.17) is 9.72 Å². The normalized spacial score (nSPS) is 16.5. The molecule has 0 unspecified atom stereocenters. The minimum absolute atomic E-state index is 0.163. The second kappa shape index (κ2) is 13.3. The highest BCUT2D eigenvalue weighted by Crippen LogP contribution is 2.33. The van der Waals surface area contributed by atoms with Crippen molar-refractivity contribution in [2.24, 2.45) is 5.92 Å². The lowest BCUT2D eigenvalue weighted by atomic mass is 9.98. The van der Waals surface area contributed by atoms with Gasteiger partial charge in [-0.05, 0) is 73.4 Å². The van der Waals surface area contributed by atoms with Gasteiger partial charge < -0.3 is 15.0 Å². The van der Waals surface area contributed by atoms with Crippen LogP contribution in [0.15, 0.2) is 42.7 Å². The lowest BCUT2D eigenvalue weighted by molar-refractivity contribution is -0.141. The molecular formula is C31H31F4N5O2S. The van der Waals surface area contributed by atoms with Crippen molar-refractivity contribution in [3.63, 3.8) is 0 Å². The Morgan fingerprint density at radius 3 is 2.53 bits per heavy atom. The zero-order valence-electron chi connectivity index (χ0n) is 23.8. The molecule has 7 nitrogen and oxygen atoms in total. The molecule has 1 aromatic carbocycles. The van der Waals surface area contributed by atoms with E-state index in [-0.39, 0.29) is 11.3 Å². The van der Waals surface area contributed by atoms with Gasteiger partial charge in [0.2, 0.25) is 0 Å². The number of aromatic nitrogens is 2. The van der Waals surface area contributed by atoms with Crippen molar-refractivity contribution in [2.75, 3.05) is 55.9 Å². The van der Waals surface area contributed by atoms with Crippen molar-refractivity contribution in [1.29, 1.82) is 0 Å². The zero-order valence-corrected chi connectivity index (χ0v) is 24.6. The van der Waals surface area contributed by atoms with E-state index in [0.717, 1.165) is 43.9 Å². The number of anilines is 2. The first kappa shape index (κ1) is 30.8. The number of piperidine rings is 1. The van der Waals surface area contributed by atoms with Crippen molar-refractivity contribution in [3.05, 3.63) is 71.1 Å². The van der Waals surface area contributed by atoms with Crippen molar-refractivity contribution < 1.29 is 27.1 Å². The van der Waals surface area contributed by atoms with Crippen LogP contribution in [-0.4, -0.2) is 65.8 Å². The molecular weight excluding hydrogens is 582 g/mol. The Morgan fingerprint density at radius 2 is 1.84 bits per heavy atom. The van der Waals surface area contributed by atoms with Crippen LogP contribution in [0.1, 0.15) is 40.2 Å². The van der Waals surface area contributed by atoms with Crippen LogP contribution in [-0.2, 0) is 10.9 Å². The van der Waals surface area contributed by atoms with Gasteiger partial charge >= 0.3 is 6.18 Å². The van der Waals surface area contributed by atoms with E-state index in [9.17, 15) is 22.4 Å². The Kier molecular flexibility index (Phi) is 9.54. The number of nitrogens with zero attached hydrogens (tertiary/aromatic N) is 4. The lowest BCUT2D eigenvalue weighted by Crippen LogP contribution is -2.36. The van der Waals surface area contributed by atoms with E-state index >= 15 is 0 Å². The number of ether oxygens (including phenoxy) is 1. The monoisotopic (exact) mass is 613 g/mol. The van der Waals surface area contributed by atoms with Crippen LogP contribution >= 0.6 is 11.9 Å². The summed E-state index contributed by atoms with van der Waals surface area (Å²) in [5.41, 5.74) is 1.76. The number of pyridine rings is 2. The largest absolute Gasteiger partial charge is 0.433 e. The molecule has 226 valence electrons. The molecule has 2 aliphatic heterocycles. The highest BCUT2D eigenvalue weighted by Gasteiger charge is 2.33.